The van der Waals surface area contributed by atoms with E-state index in [-0.39, 0.29) is 18.1 Å². The van der Waals surface area contributed by atoms with Crippen LogP contribution in [0.25, 0.3) is 0 Å². The molecule has 110 valence electrons. The molecule has 1 aliphatic heterocycles. The number of carbonyl (C=O) groups is 1. The number of Topliss-reactive ketones (excluding diaryl/α,β-unsaturated/α-hetero) is 1. The summed E-state index contributed by atoms with van der Waals surface area (Å²) >= 11 is 0. The fourth-order valence-electron chi connectivity index (χ4n) is 2.62. The Morgan fingerprint density at radius 1 is 1.40 bits per heavy atom. The second-order valence-corrected chi connectivity index (χ2v) is 5.77. The molecule has 0 aromatic heterocycles. The fraction of sp³-hybridized carbons (Fsp3) is 0.588. The van der Waals surface area contributed by atoms with Crippen LogP contribution in [0.2, 0.25) is 0 Å². The van der Waals surface area contributed by atoms with Gasteiger partial charge in [-0.3, -0.25) is 4.79 Å². The molecule has 1 fully saturated rings. The van der Waals surface area contributed by atoms with Crippen LogP contribution in [-0.2, 0) is 4.79 Å². The zero-order valence-electron chi connectivity index (χ0n) is 12.9. The van der Waals surface area contributed by atoms with Crippen LogP contribution in [0.4, 0.5) is 5.69 Å². The quantitative estimate of drug-likeness (QED) is 0.839. The zero-order chi connectivity index (χ0) is 14.7. The molecule has 20 heavy (non-hydrogen) atoms. The summed E-state index contributed by atoms with van der Waals surface area (Å²) in [6.07, 6.45) is 1.86. The van der Waals surface area contributed by atoms with Crippen LogP contribution in [0.5, 0.6) is 5.75 Å². The largest absolute Gasteiger partial charge is 0.491 e. The number of hydrogen-bond acceptors (Lipinski definition) is 3. The number of ether oxygens (including phenoxy) is 1. The van der Waals surface area contributed by atoms with Gasteiger partial charge in [-0.05, 0) is 32.4 Å². The van der Waals surface area contributed by atoms with E-state index in [9.17, 15) is 4.79 Å². The van der Waals surface area contributed by atoms with Crippen LogP contribution in [0.15, 0.2) is 24.3 Å². The van der Waals surface area contributed by atoms with E-state index in [0.29, 0.717) is 12.2 Å². The number of nitrogens with zero attached hydrogens (tertiary/aromatic N) is 1. The first-order valence-corrected chi connectivity index (χ1v) is 7.59. The molecule has 2 rings (SSSR count). The molecule has 3 nitrogen and oxygen atoms in total. The molecule has 3 heteroatoms. The lowest BCUT2D eigenvalue weighted by Gasteiger charge is -2.38. The number of hydrogen-bond donors (Lipinski definition) is 0. The number of rotatable bonds is 4. The van der Waals surface area contributed by atoms with Crippen molar-refractivity contribution in [2.24, 2.45) is 5.92 Å². The number of ketones is 1. The van der Waals surface area contributed by atoms with Crippen molar-refractivity contribution in [3.8, 4) is 5.75 Å². The predicted octanol–water partition coefficient (Wildman–Crippen LogP) is 3.67. The molecule has 0 N–H and O–H groups in total. The van der Waals surface area contributed by atoms with Gasteiger partial charge in [-0.1, -0.05) is 19.9 Å². The molecule has 1 heterocycles. The summed E-state index contributed by atoms with van der Waals surface area (Å²) in [6, 6.07) is 8.46. The van der Waals surface area contributed by atoms with Gasteiger partial charge in [0.1, 0.15) is 11.5 Å². The summed E-state index contributed by atoms with van der Waals surface area (Å²) in [5, 5.41) is 0. The van der Waals surface area contributed by atoms with E-state index >= 15 is 0 Å². The first-order valence-electron chi connectivity index (χ1n) is 7.59. The molecule has 0 saturated carbocycles. The minimum absolute atomic E-state index is 0.0999. The molecule has 0 bridgehead atoms. The lowest BCUT2D eigenvalue weighted by molar-refractivity contribution is -0.123. The molecule has 0 amide bonds. The monoisotopic (exact) mass is 275 g/mol. The molecule has 1 aliphatic rings. The van der Waals surface area contributed by atoms with Crippen LogP contribution in [0.3, 0.4) is 0 Å². The SMILES string of the molecule is CCC(C)Oc1cccc(N2CCC(=O)C(C)C2C)c1. The van der Waals surface area contributed by atoms with Gasteiger partial charge >= 0.3 is 0 Å². The summed E-state index contributed by atoms with van der Waals surface area (Å²) < 4.78 is 5.88. The van der Waals surface area contributed by atoms with Crippen LogP contribution in [0.1, 0.15) is 40.5 Å². The van der Waals surface area contributed by atoms with Gasteiger partial charge < -0.3 is 9.64 Å². The minimum Gasteiger partial charge on any atom is -0.491 e. The Labute approximate surface area is 121 Å². The Kier molecular flexibility index (Phi) is 4.69. The van der Waals surface area contributed by atoms with Crippen molar-refractivity contribution in [2.75, 3.05) is 11.4 Å². The maximum absolute atomic E-state index is 11.8. The van der Waals surface area contributed by atoms with Crippen LogP contribution >= 0.6 is 0 Å². The van der Waals surface area contributed by atoms with Crippen molar-refractivity contribution in [3.63, 3.8) is 0 Å². The zero-order valence-corrected chi connectivity index (χ0v) is 12.9. The van der Waals surface area contributed by atoms with Crippen molar-refractivity contribution in [1.82, 2.24) is 0 Å². The van der Waals surface area contributed by atoms with Crippen molar-refractivity contribution < 1.29 is 9.53 Å². The normalized spacial score (nSPS) is 24.6. The Morgan fingerprint density at radius 3 is 2.85 bits per heavy atom. The molecule has 3 unspecified atom stereocenters. The van der Waals surface area contributed by atoms with Gasteiger partial charge in [0.25, 0.3) is 0 Å². The molecular formula is C17H25NO2. The molecule has 1 aromatic carbocycles. The van der Waals surface area contributed by atoms with E-state index in [1.54, 1.807) is 0 Å². The Morgan fingerprint density at radius 2 is 2.15 bits per heavy atom. The number of benzene rings is 1. The van der Waals surface area contributed by atoms with E-state index in [0.717, 1.165) is 24.4 Å². The van der Waals surface area contributed by atoms with Gasteiger partial charge in [-0.25, -0.2) is 0 Å². The smallest absolute Gasteiger partial charge is 0.139 e. The van der Waals surface area contributed by atoms with Gasteiger partial charge in [-0.2, -0.15) is 0 Å². The van der Waals surface area contributed by atoms with Crippen molar-refractivity contribution in [3.05, 3.63) is 24.3 Å². The third-order valence-electron chi connectivity index (χ3n) is 4.38. The highest BCUT2D eigenvalue weighted by atomic mass is 16.5. The van der Waals surface area contributed by atoms with Gasteiger partial charge in [0.2, 0.25) is 0 Å². The lowest BCUT2D eigenvalue weighted by atomic mass is 9.90. The Balaban J connectivity index is 2.16. The van der Waals surface area contributed by atoms with Gasteiger partial charge in [-0.15, -0.1) is 0 Å². The lowest BCUT2D eigenvalue weighted by Crippen LogP contribution is -2.46. The van der Waals surface area contributed by atoms with Crippen molar-refractivity contribution in [2.45, 2.75) is 52.7 Å². The molecule has 1 saturated heterocycles. The second kappa shape index (κ2) is 6.29. The Bertz CT molecular complexity index is 472. The number of piperidine rings is 1. The van der Waals surface area contributed by atoms with Crippen molar-refractivity contribution >= 4 is 11.5 Å². The molecule has 1 aromatic rings. The van der Waals surface area contributed by atoms with Crippen LogP contribution < -0.4 is 9.64 Å². The van der Waals surface area contributed by atoms with E-state index in [4.69, 9.17) is 4.74 Å². The number of carbonyl (C=O) groups excluding carboxylic acids is 1. The topological polar surface area (TPSA) is 29.5 Å². The van der Waals surface area contributed by atoms with Crippen LogP contribution in [0, 0.1) is 5.92 Å². The second-order valence-electron chi connectivity index (χ2n) is 5.77. The molecule has 0 spiro atoms. The summed E-state index contributed by atoms with van der Waals surface area (Å²) in [5.74, 6) is 1.39. The Hall–Kier alpha value is -1.51. The number of anilines is 1. The van der Waals surface area contributed by atoms with E-state index in [1.807, 2.05) is 19.1 Å². The molecule has 0 aliphatic carbocycles. The minimum atomic E-state index is 0.0999. The van der Waals surface area contributed by atoms with E-state index in [1.165, 1.54) is 0 Å². The van der Waals surface area contributed by atoms with Crippen molar-refractivity contribution in [1.29, 1.82) is 0 Å². The highest BCUT2D eigenvalue weighted by molar-refractivity contribution is 5.84. The summed E-state index contributed by atoms with van der Waals surface area (Å²) in [4.78, 5) is 14.1. The van der Waals surface area contributed by atoms with Gasteiger partial charge in [0.15, 0.2) is 0 Å². The van der Waals surface area contributed by atoms with E-state index < -0.39 is 0 Å². The van der Waals surface area contributed by atoms with E-state index in [2.05, 4.69) is 37.8 Å². The third kappa shape index (κ3) is 3.14. The average Bonchev–Trinajstić information content (AvgIpc) is 2.45. The summed E-state index contributed by atoms with van der Waals surface area (Å²) in [7, 11) is 0. The van der Waals surface area contributed by atoms with Gasteiger partial charge in [0.05, 0.1) is 6.10 Å². The summed E-state index contributed by atoms with van der Waals surface area (Å²) in [5.41, 5.74) is 1.15. The maximum Gasteiger partial charge on any atom is 0.139 e. The first-order chi connectivity index (χ1) is 9.52. The highest BCUT2D eigenvalue weighted by Crippen LogP contribution is 2.29. The molecule has 3 atom stereocenters. The van der Waals surface area contributed by atoms with Gasteiger partial charge in [0, 0.05) is 36.7 Å². The maximum atomic E-state index is 11.8. The molecule has 0 radical (unpaired) electrons. The fourth-order valence-corrected chi connectivity index (χ4v) is 2.62. The third-order valence-corrected chi connectivity index (χ3v) is 4.38. The summed E-state index contributed by atoms with van der Waals surface area (Å²) in [6.45, 7) is 9.16. The highest BCUT2D eigenvalue weighted by Gasteiger charge is 2.30. The van der Waals surface area contributed by atoms with Crippen LogP contribution in [-0.4, -0.2) is 24.5 Å². The predicted molar refractivity (Wildman–Crippen MR) is 82.4 cm³/mol. The standard InChI is InChI=1S/C17H25NO2/c1-5-12(2)20-16-8-6-7-15(11-16)18-10-9-17(19)13(3)14(18)4/h6-8,11-14H,5,9-10H2,1-4H3. The average molecular weight is 275 g/mol. The molecular weight excluding hydrogens is 250 g/mol. The first kappa shape index (κ1) is 14.9.